The third-order valence-corrected chi connectivity index (χ3v) is 4.67. The van der Waals surface area contributed by atoms with Gasteiger partial charge in [0.15, 0.2) is 5.65 Å². The summed E-state index contributed by atoms with van der Waals surface area (Å²) in [6.45, 7) is 0.971. The summed E-state index contributed by atoms with van der Waals surface area (Å²) in [5.74, 6) is -0.194. The summed E-state index contributed by atoms with van der Waals surface area (Å²) < 4.78 is 13.7. The van der Waals surface area contributed by atoms with E-state index in [1.165, 1.54) is 6.07 Å². The van der Waals surface area contributed by atoms with E-state index in [0.29, 0.717) is 11.5 Å². The fourth-order valence-corrected chi connectivity index (χ4v) is 3.40. The molecule has 134 valence electrons. The third kappa shape index (κ3) is 3.11. The Labute approximate surface area is 149 Å². The number of nitrogens with two attached hydrogens (primary N) is 1. The molecule has 0 bridgehead atoms. The number of pyridine rings is 1. The normalized spacial score (nSPS) is 17.7. The average molecular weight is 354 g/mol. The minimum Gasteiger partial charge on any atom is -0.384 e. The predicted molar refractivity (Wildman–Crippen MR) is 96.9 cm³/mol. The number of rotatable bonds is 4. The number of carbonyl (C=O) groups excluding carboxylic acids is 1. The smallest absolute Gasteiger partial charge is 0.238 e. The molecule has 4 rings (SSSR count). The molecule has 1 atom stereocenters. The van der Waals surface area contributed by atoms with Crippen LogP contribution in [0.25, 0.3) is 11.0 Å². The Kier molecular flexibility index (Phi) is 4.26. The standard InChI is InChI=1S/C18H19FN6O/c19-12-4-1-2-5-13(12)21-16(26)10-25-9-3-6-15(25)14-8-7-11-17(20)23-24-18(11)22-14/h1-2,4-5,7-8,15H,3,6,9-10H2,(H,21,26)(H3,20,22,23,24)/t15-/m0/s1. The molecular weight excluding hydrogens is 335 g/mol. The van der Waals surface area contributed by atoms with Gasteiger partial charge in [-0.1, -0.05) is 12.1 Å². The topological polar surface area (TPSA) is 99.9 Å². The second-order valence-corrected chi connectivity index (χ2v) is 6.40. The number of nitrogens with one attached hydrogen (secondary N) is 2. The quantitative estimate of drug-likeness (QED) is 0.668. The van der Waals surface area contributed by atoms with Crippen molar-refractivity contribution in [2.45, 2.75) is 18.9 Å². The molecule has 1 fully saturated rings. The van der Waals surface area contributed by atoms with Crippen LogP contribution in [0.3, 0.4) is 0 Å². The van der Waals surface area contributed by atoms with E-state index in [-0.39, 0.29) is 24.2 Å². The lowest BCUT2D eigenvalue weighted by molar-refractivity contribution is -0.117. The van der Waals surface area contributed by atoms with Gasteiger partial charge in [-0.15, -0.1) is 0 Å². The summed E-state index contributed by atoms with van der Waals surface area (Å²) in [5.41, 5.74) is 7.43. The number of hydrogen-bond acceptors (Lipinski definition) is 5. The lowest BCUT2D eigenvalue weighted by atomic mass is 10.1. The van der Waals surface area contributed by atoms with E-state index in [1.54, 1.807) is 18.2 Å². The Morgan fingerprint density at radius 1 is 1.35 bits per heavy atom. The van der Waals surface area contributed by atoms with Gasteiger partial charge >= 0.3 is 0 Å². The van der Waals surface area contributed by atoms with E-state index >= 15 is 0 Å². The van der Waals surface area contributed by atoms with Crippen LogP contribution in [0.5, 0.6) is 0 Å². The molecule has 1 saturated heterocycles. The van der Waals surface area contributed by atoms with Gasteiger partial charge in [-0.05, 0) is 43.7 Å². The highest BCUT2D eigenvalue weighted by Gasteiger charge is 2.29. The highest BCUT2D eigenvalue weighted by molar-refractivity contribution is 5.92. The molecule has 0 aliphatic carbocycles. The molecule has 7 nitrogen and oxygen atoms in total. The number of benzene rings is 1. The van der Waals surface area contributed by atoms with Gasteiger partial charge in [-0.2, -0.15) is 5.10 Å². The average Bonchev–Trinajstić information content (AvgIpc) is 3.23. The first-order valence-corrected chi connectivity index (χ1v) is 8.51. The summed E-state index contributed by atoms with van der Waals surface area (Å²) >= 11 is 0. The molecule has 1 aliphatic heterocycles. The second kappa shape index (κ2) is 6.72. The van der Waals surface area contributed by atoms with Crippen LogP contribution < -0.4 is 11.1 Å². The van der Waals surface area contributed by atoms with Crippen LogP contribution >= 0.6 is 0 Å². The Hall–Kier alpha value is -3.00. The van der Waals surface area contributed by atoms with Crippen molar-refractivity contribution in [1.29, 1.82) is 0 Å². The Morgan fingerprint density at radius 3 is 3.04 bits per heavy atom. The molecule has 3 aromatic rings. The minimum absolute atomic E-state index is 0.0312. The van der Waals surface area contributed by atoms with Gasteiger partial charge in [0, 0.05) is 0 Å². The molecule has 3 heterocycles. The van der Waals surface area contributed by atoms with Crippen molar-refractivity contribution in [3.63, 3.8) is 0 Å². The molecular formula is C18H19FN6O. The van der Waals surface area contributed by atoms with Gasteiger partial charge in [-0.3, -0.25) is 14.8 Å². The van der Waals surface area contributed by atoms with Crippen molar-refractivity contribution in [1.82, 2.24) is 20.1 Å². The van der Waals surface area contributed by atoms with Crippen molar-refractivity contribution in [3.05, 3.63) is 47.9 Å². The van der Waals surface area contributed by atoms with Crippen LogP contribution in [0.2, 0.25) is 0 Å². The first-order valence-electron chi connectivity index (χ1n) is 8.51. The number of amides is 1. The summed E-state index contributed by atoms with van der Waals surface area (Å²) in [6.07, 6.45) is 1.88. The number of H-pyrrole nitrogens is 1. The van der Waals surface area contributed by atoms with E-state index in [4.69, 9.17) is 5.73 Å². The number of aromatic nitrogens is 3. The fraction of sp³-hybridized carbons (Fsp3) is 0.278. The zero-order valence-corrected chi connectivity index (χ0v) is 14.1. The first-order chi connectivity index (χ1) is 12.6. The number of halogens is 1. The predicted octanol–water partition coefficient (Wildman–Crippen LogP) is 2.45. The number of hydrogen-bond donors (Lipinski definition) is 3. The van der Waals surface area contributed by atoms with Crippen molar-refractivity contribution in [3.8, 4) is 0 Å². The highest BCUT2D eigenvalue weighted by Crippen LogP contribution is 2.31. The van der Waals surface area contributed by atoms with Crippen molar-refractivity contribution < 1.29 is 9.18 Å². The molecule has 0 radical (unpaired) electrons. The highest BCUT2D eigenvalue weighted by atomic mass is 19.1. The first kappa shape index (κ1) is 16.5. The zero-order valence-electron chi connectivity index (χ0n) is 14.1. The fourth-order valence-electron chi connectivity index (χ4n) is 3.40. The number of carbonyl (C=O) groups is 1. The third-order valence-electron chi connectivity index (χ3n) is 4.67. The van der Waals surface area contributed by atoms with Crippen molar-refractivity contribution in [2.75, 3.05) is 24.1 Å². The van der Waals surface area contributed by atoms with Gasteiger partial charge in [-0.25, -0.2) is 9.37 Å². The number of likely N-dealkylation sites (tertiary alicyclic amines) is 1. The summed E-state index contributed by atoms with van der Waals surface area (Å²) in [5, 5.41) is 10.2. The van der Waals surface area contributed by atoms with Gasteiger partial charge in [0.1, 0.15) is 11.6 Å². The van der Waals surface area contributed by atoms with E-state index in [2.05, 4.69) is 25.4 Å². The van der Waals surface area contributed by atoms with Gasteiger partial charge in [0.25, 0.3) is 0 Å². The van der Waals surface area contributed by atoms with Crippen LogP contribution in [-0.4, -0.2) is 39.1 Å². The molecule has 1 amide bonds. The number of nitrogens with zero attached hydrogens (tertiary/aromatic N) is 3. The number of fused-ring (bicyclic) bond motifs is 1. The summed E-state index contributed by atoms with van der Waals surface area (Å²) in [7, 11) is 0. The van der Waals surface area contributed by atoms with Crippen LogP contribution in [0.4, 0.5) is 15.9 Å². The molecule has 1 aromatic carbocycles. The van der Waals surface area contributed by atoms with Gasteiger partial charge < -0.3 is 11.1 Å². The molecule has 8 heteroatoms. The van der Waals surface area contributed by atoms with Gasteiger partial charge in [0.05, 0.1) is 29.4 Å². The number of aromatic amines is 1. The molecule has 1 aliphatic rings. The molecule has 2 aromatic heterocycles. The maximum atomic E-state index is 13.7. The molecule has 26 heavy (non-hydrogen) atoms. The van der Waals surface area contributed by atoms with Crippen LogP contribution in [0.1, 0.15) is 24.6 Å². The number of para-hydroxylation sites is 1. The van der Waals surface area contributed by atoms with E-state index in [0.717, 1.165) is 30.5 Å². The van der Waals surface area contributed by atoms with Gasteiger partial charge in [0.2, 0.25) is 5.91 Å². The Balaban J connectivity index is 1.49. The van der Waals surface area contributed by atoms with Crippen LogP contribution in [0.15, 0.2) is 36.4 Å². The van der Waals surface area contributed by atoms with Crippen LogP contribution in [-0.2, 0) is 4.79 Å². The van der Waals surface area contributed by atoms with E-state index in [9.17, 15) is 9.18 Å². The molecule has 0 saturated carbocycles. The van der Waals surface area contributed by atoms with Crippen molar-refractivity contribution in [2.24, 2.45) is 0 Å². The largest absolute Gasteiger partial charge is 0.384 e. The number of anilines is 2. The minimum atomic E-state index is -0.443. The SMILES string of the molecule is Nc1[nH]nc2nc([C@@H]3CCCN3CC(=O)Nc3ccccc3F)ccc12. The van der Waals surface area contributed by atoms with Crippen molar-refractivity contribution >= 4 is 28.4 Å². The Bertz CT molecular complexity index is 956. The number of nitrogen functional groups attached to an aromatic ring is 1. The lowest BCUT2D eigenvalue weighted by Gasteiger charge is -2.23. The maximum absolute atomic E-state index is 13.7. The van der Waals surface area contributed by atoms with Crippen LogP contribution in [0, 0.1) is 5.82 Å². The lowest BCUT2D eigenvalue weighted by Crippen LogP contribution is -2.33. The second-order valence-electron chi connectivity index (χ2n) is 6.40. The summed E-state index contributed by atoms with van der Waals surface area (Å²) in [4.78, 5) is 19.0. The molecule has 0 spiro atoms. The Morgan fingerprint density at radius 2 is 2.19 bits per heavy atom. The zero-order chi connectivity index (χ0) is 18.1. The summed E-state index contributed by atoms with van der Waals surface area (Å²) in [6, 6.07) is 9.99. The van der Waals surface area contributed by atoms with E-state index < -0.39 is 5.82 Å². The molecule has 0 unspecified atom stereocenters. The molecule has 4 N–H and O–H groups in total. The van der Waals surface area contributed by atoms with E-state index in [1.807, 2.05) is 12.1 Å². The maximum Gasteiger partial charge on any atom is 0.238 e. The monoisotopic (exact) mass is 354 g/mol.